The van der Waals surface area contributed by atoms with E-state index < -0.39 is 5.97 Å². The first-order valence-corrected chi connectivity index (χ1v) is 7.70. The van der Waals surface area contributed by atoms with Gasteiger partial charge in [-0.25, -0.2) is 14.8 Å². The Morgan fingerprint density at radius 3 is 2.56 bits per heavy atom. The predicted molar refractivity (Wildman–Crippen MR) is 90.6 cm³/mol. The van der Waals surface area contributed by atoms with Crippen molar-refractivity contribution in [2.45, 2.75) is 20.0 Å². The van der Waals surface area contributed by atoms with Gasteiger partial charge < -0.3 is 14.6 Å². The van der Waals surface area contributed by atoms with Crippen LogP contribution in [0.3, 0.4) is 0 Å². The number of hydrogen-bond donors (Lipinski definition) is 1. The minimum absolute atomic E-state index is 0.0615. The van der Waals surface area contributed by atoms with Gasteiger partial charge in [0.15, 0.2) is 0 Å². The minimum atomic E-state index is -1.08. The van der Waals surface area contributed by atoms with Crippen LogP contribution in [0.25, 0.3) is 22.1 Å². The molecule has 0 spiro atoms. The molecule has 25 heavy (non-hydrogen) atoms. The van der Waals surface area contributed by atoms with Crippen LogP contribution in [-0.4, -0.2) is 34.1 Å². The zero-order valence-electron chi connectivity index (χ0n) is 13.8. The summed E-state index contributed by atoms with van der Waals surface area (Å²) in [6.45, 7) is 1.78. The number of aromatic nitrogens is 2. The fourth-order valence-corrected chi connectivity index (χ4v) is 2.52. The minimum Gasteiger partial charge on any atom is -0.494 e. The van der Waals surface area contributed by atoms with Gasteiger partial charge >= 0.3 is 11.9 Å². The Morgan fingerprint density at radius 2 is 1.88 bits per heavy atom. The highest BCUT2D eigenvalue weighted by Crippen LogP contribution is 2.29. The maximum atomic E-state index is 11.4. The van der Waals surface area contributed by atoms with Crippen molar-refractivity contribution in [1.82, 2.24) is 9.97 Å². The van der Waals surface area contributed by atoms with E-state index in [0.29, 0.717) is 27.9 Å². The molecule has 1 heterocycles. The van der Waals surface area contributed by atoms with Gasteiger partial charge in [0, 0.05) is 12.0 Å². The number of methoxy groups -OCH3 is 1. The summed E-state index contributed by atoms with van der Waals surface area (Å²) in [6, 6.07) is 8.23. The van der Waals surface area contributed by atoms with Crippen molar-refractivity contribution in [3.05, 3.63) is 41.5 Å². The van der Waals surface area contributed by atoms with Gasteiger partial charge in [-0.2, -0.15) is 0 Å². The fraction of sp³-hybridized carbons (Fsp3) is 0.222. The zero-order valence-corrected chi connectivity index (χ0v) is 13.8. The summed E-state index contributed by atoms with van der Waals surface area (Å²) >= 11 is 0. The number of carbonyl (C=O) groups excluding carboxylic acids is 1. The topological polar surface area (TPSA) is 98.6 Å². The van der Waals surface area contributed by atoms with Crippen molar-refractivity contribution >= 4 is 34.0 Å². The molecule has 0 aliphatic heterocycles. The van der Waals surface area contributed by atoms with Crippen LogP contribution in [0.5, 0.6) is 5.75 Å². The molecule has 0 fully saturated rings. The molecule has 0 radical (unpaired) electrons. The number of esters is 1. The van der Waals surface area contributed by atoms with E-state index in [1.807, 2.05) is 0 Å². The standard InChI is InChI=1S/C18H16N2O5/c1-3-14(21)25-9-10-7-8-13(24-2)17-15(10)19-12-6-4-5-11(18(22)23)16(12)20-17/h4-8H,3,9H2,1-2H3,(H,22,23). The van der Waals surface area contributed by atoms with Crippen molar-refractivity contribution < 1.29 is 24.2 Å². The largest absolute Gasteiger partial charge is 0.494 e. The van der Waals surface area contributed by atoms with E-state index in [1.54, 1.807) is 31.2 Å². The van der Waals surface area contributed by atoms with E-state index in [1.165, 1.54) is 13.2 Å². The van der Waals surface area contributed by atoms with Crippen LogP contribution in [-0.2, 0) is 16.1 Å². The lowest BCUT2D eigenvalue weighted by atomic mass is 10.1. The second-order valence-electron chi connectivity index (χ2n) is 5.34. The molecular formula is C18H16N2O5. The third kappa shape index (κ3) is 3.08. The Labute approximate surface area is 143 Å². The van der Waals surface area contributed by atoms with Gasteiger partial charge in [0.1, 0.15) is 23.4 Å². The van der Waals surface area contributed by atoms with Crippen LogP contribution < -0.4 is 4.74 Å². The lowest BCUT2D eigenvalue weighted by molar-refractivity contribution is -0.144. The Balaban J connectivity index is 2.24. The molecule has 3 aromatic rings. The highest BCUT2D eigenvalue weighted by atomic mass is 16.5. The number of rotatable bonds is 5. The van der Waals surface area contributed by atoms with Crippen LogP contribution >= 0.6 is 0 Å². The first-order valence-electron chi connectivity index (χ1n) is 7.70. The fourth-order valence-electron chi connectivity index (χ4n) is 2.52. The molecule has 3 rings (SSSR count). The summed E-state index contributed by atoms with van der Waals surface area (Å²) < 4.78 is 10.5. The number of nitrogens with zero attached hydrogens (tertiary/aromatic N) is 2. The third-order valence-corrected chi connectivity index (χ3v) is 3.80. The Kier molecular flexibility index (Phi) is 4.47. The molecule has 0 unspecified atom stereocenters. The number of carboxylic acid groups (broad SMARTS) is 1. The lowest BCUT2D eigenvalue weighted by Crippen LogP contribution is -2.05. The third-order valence-electron chi connectivity index (χ3n) is 3.80. The van der Waals surface area contributed by atoms with E-state index in [0.717, 1.165) is 0 Å². The quantitative estimate of drug-likeness (QED) is 0.563. The number of para-hydroxylation sites is 1. The van der Waals surface area contributed by atoms with Crippen LogP contribution in [0.15, 0.2) is 30.3 Å². The van der Waals surface area contributed by atoms with Gasteiger partial charge in [-0.05, 0) is 24.3 Å². The summed E-state index contributed by atoms with van der Waals surface area (Å²) in [5.74, 6) is -0.924. The molecule has 7 heteroatoms. The number of carboxylic acids is 1. The molecular weight excluding hydrogens is 324 g/mol. The second kappa shape index (κ2) is 6.72. The maximum Gasteiger partial charge on any atom is 0.337 e. The Hall–Kier alpha value is -3.22. The average molecular weight is 340 g/mol. The number of aromatic carboxylic acids is 1. The van der Waals surface area contributed by atoms with Crippen molar-refractivity contribution in [3.8, 4) is 5.75 Å². The zero-order chi connectivity index (χ0) is 18.0. The average Bonchev–Trinajstić information content (AvgIpc) is 2.63. The molecule has 2 aromatic carbocycles. The molecule has 0 aliphatic rings. The predicted octanol–water partition coefficient (Wildman–Crippen LogP) is 2.94. The molecule has 7 nitrogen and oxygen atoms in total. The monoisotopic (exact) mass is 340 g/mol. The number of ether oxygens (including phenoxy) is 2. The second-order valence-corrected chi connectivity index (χ2v) is 5.34. The molecule has 0 saturated heterocycles. The van der Waals surface area contributed by atoms with Crippen LogP contribution in [0, 0.1) is 0 Å². The van der Waals surface area contributed by atoms with Crippen molar-refractivity contribution in [1.29, 1.82) is 0 Å². The van der Waals surface area contributed by atoms with E-state index in [4.69, 9.17) is 9.47 Å². The first kappa shape index (κ1) is 16.6. The van der Waals surface area contributed by atoms with Gasteiger partial charge in [-0.1, -0.05) is 13.0 Å². The summed E-state index contributed by atoms with van der Waals surface area (Å²) in [4.78, 5) is 31.9. The van der Waals surface area contributed by atoms with Gasteiger partial charge in [-0.15, -0.1) is 0 Å². The van der Waals surface area contributed by atoms with E-state index >= 15 is 0 Å². The Morgan fingerprint density at radius 1 is 1.08 bits per heavy atom. The molecule has 1 aromatic heterocycles. The van der Waals surface area contributed by atoms with Crippen LogP contribution in [0.4, 0.5) is 0 Å². The first-order chi connectivity index (χ1) is 12.0. The van der Waals surface area contributed by atoms with Gasteiger partial charge in [0.25, 0.3) is 0 Å². The number of fused-ring (bicyclic) bond motifs is 2. The Bertz CT molecular complexity index is 984. The van der Waals surface area contributed by atoms with E-state index in [-0.39, 0.29) is 30.1 Å². The van der Waals surface area contributed by atoms with Crippen molar-refractivity contribution in [2.75, 3.05) is 7.11 Å². The van der Waals surface area contributed by atoms with E-state index in [2.05, 4.69) is 9.97 Å². The number of benzene rings is 2. The van der Waals surface area contributed by atoms with E-state index in [9.17, 15) is 14.7 Å². The summed E-state index contributed by atoms with van der Waals surface area (Å²) in [5, 5.41) is 9.35. The van der Waals surface area contributed by atoms with Crippen LogP contribution in [0.2, 0.25) is 0 Å². The van der Waals surface area contributed by atoms with Crippen molar-refractivity contribution in [3.63, 3.8) is 0 Å². The highest BCUT2D eigenvalue weighted by Gasteiger charge is 2.16. The molecule has 1 N–H and O–H groups in total. The van der Waals surface area contributed by atoms with Crippen molar-refractivity contribution in [2.24, 2.45) is 0 Å². The van der Waals surface area contributed by atoms with Crippen LogP contribution in [0.1, 0.15) is 29.3 Å². The SMILES string of the molecule is CCC(=O)OCc1ccc(OC)c2nc3c(C(=O)O)cccc3nc12. The maximum absolute atomic E-state index is 11.4. The number of hydrogen-bond acceptors (Lipinski definition) is 6. The van der Waals surface area contributed by atoms with Gasteiger partial charge in [0.05, 0.1) is 23.7 Å². The molecule has 0 aliphatic carbocycles. The summed E-state index contributed by atoms with van der Waals surface area (Å²) in [7, 11) is 1.50. The molecule has 128 valence electrons. The summed E-state index contributed by atoms with van der Waals surface area (Å²) in [6.07, 6.45) is 0.282. The smallest absolute Gasteiger partial charge is 0.337 e. The number of carbonyl (C=O) groups is 2. The summed E-state index contributed by atoms with van der Waals surface area (Å²) in [5.41, 5.74) is 2.41. The highest BCUT2D eigenvalue weighted by molar-refractivity contribution is 6.03. The normalized spacial score (nSPS) is 10.8. The molecule has 0 bridgehead atoms. The molecule has 0 atom stereocenters. The molecule has 0 saturated carbocycles. The lowest BCUT2D eigenvalue weighted by Gasteiger charge is -2.11. The van der Waals surface area contributed by atoms with Gasteiger partial charge in [0.2, 0.25) is 0 Å². The van der Waals surface area contributed by atoms with Gasteiger partial charge in [-0.3, -0.25) is 4.79 Å². The molecule has 0 amide bonds.